The van der Waals surface area contributed by atoms with E-state index in [9.17, 15) is 9.90 Å². The highest BCUT2D eigenvalue weighted by molar-refractivity contribution is 5.76. The van der Waals surface area contributed by atoms with Gasteiger partial charge in [0.05, 0.1) is 12.2 Å². The van der Waals surface area contributed by atoms with E-state index < -0.39 is 5.60 Å². The summed E-state index contributed by atoms with van der Waals surface area (Å²) in [5.74, 6) is 2.43. The second-order valence-electron chi connectivity index (χ2n) is 9.64. The molecule has 5 rings (SSSR count). The number of ether oxygens (including phenoxy) is 1. The summed E-state index contributed by atoms with van der Waals surface area (Å²) in [6.07, 6.45) is 7.75. The Hall–Kier alpha value is -1.55. The number of rotatable bonds is 7. The Kier molecular flexibility index (Phi) is 4.96. The first-order valence-corrected chi connectivity index (χ1v) is 10.5. The molecule has 4 saturated carbocycles. The first-order valence-electron chi connectivity index (χ1n) is 10.5. The molecule has 1 N–H and O–H groups in total. The fourth-order valence-corrected chi connectivity index (χ4v) is 6.39. The van der Waals surface area contributed by atoms with E-state index >= 15 is 0 Å². The molecule has 0 spiro atoms. The molecule has 1 aromatic rings. The fraction of sp³-hybridized carbons (Fsp3) is 0.696. The van der Waals surface area contributed by atoms with Crippen LogP contribution in [0.3, 0.4) is 0 Å². The van der Waals surface area contributed by atoms with Crippen molar-refractivity contribution in [2.45, 2.75) is 63.9 Å². The third-order valence-corrected chi connectivity index (χ3v) is 7.09. The van der Waals surface area contributed by atoms with Gasteiger partial charge in [-0.15, -0.1) is 0 Å². The number of hydrogen-bond acceptors (Lipinski definition) is 3. The lowest BCUT2D eigenvalue weighted by Crippen LogP contribution is -2.56. The summed E-state index contributed by atoms with van der Waals surface area (Å²) in [6, 6.07) is 8.03. The van der Waals surface area contributed by atoms with Crippen LogP contribution in [0.2, 0.25) is 0 Å². The predicted octanol–water partition coefficient (Wildman–Crippen LogP) is 3.94. The highest BCUT2D eigenvalue weighted by atomic mass is 16.5. The Balaban J connectivity index is 1.26. The molecule has 27 heavy (non-hydrogen) atoms. The normalized spacial score (nSPS) is 33.9. The van der Waals surface area contributed by atoms with Gasteiger partial charge in [0.2, 0.25) is 5.91 Å². The second-order valence-corrected chi connectivity index (χ2v) is 9.64. The van der Waals surface area contributed by atoms with Gasteiger partial charge in [0.25, 0.3) is 0 Å². The number of hydrogen-bond donors (Lipinski definition) is 1. The summed E-state index contributed by atoms with van der Waals surface area (Å²) in [5.41, 5.74) is 0.716. The summed E-state index contributed by atoms with van der Waals surface area (Å²) in [4.78, 5) is 14.7. The number of aryl methyl sites for hydroxylation is 1. The molecule has 4 nitrogen and oxygen atoms in total. The molecule has 0 heterocycles. The van der Waals surface area contributed by atoms with Crippen LogP contribution in [-0.2, 0) is 4.79 Å². The molecule has 4 fully saturated rings. The number of aliphatic hydroxyl groups is 1. The van der Waals surface area contributed by atoms with Crippen molar-refractivity contribution < 1.29 is 14.6 Å². The monoisotopic (exact) mass is 371 g/mol. The van der Waals surface area contributed by atoms with Crippen LogP contribution in [0.4, 0.5) is 0 Å². The zero-order valence-corrected chi connectivity index (χ0v) is 16.7. The van der Waals surface area contributed by atoms with E-state index in [1.165, 1.54) is 6.42 Å². The van der Waals surface area contributed by atoms with Gasteiger partial charge in [-0.25, -0.2) is 0 Å². The minimum atomic E-state index is -0.482. The lowest BCUT2D eigenvalue weighted by molar-refractivity contribution is -0.171. The van der Waals surface area contributed by atoms with Crippen LogP contribution in [0.25, 0.3) is 0 Å². The Morgan fingerprint density at radius 3 is 2.59 bits per heavy atom. The van der Waals surface area contributed by atoms with Gasteiger partial charge in [-0.05, 0) is 80.8 Å². The number of carbonyl (C=O) groups is 1. The third kappa shape index (κ3) is 4.01. The molecular formula is C23H33NO3. The molecular weight excluding hydrogens is 338 g/mol. The van der Waals surface area contributed by atoms with E-state index in [4.69, 9.17) is 4.74 Å². The molecule has 0 radical (unpaired) electrons. The van der Waals surface area contributed by atoms with Gasteiger partial charge in [-0.2, -0.15) is 0 Å². The maximum Gasteiger partial charge on any atom is 0.222 e. The minimum Gasteiger partial charge on any atom is -0.493 e. The Bertz CT molecular complexity index is 687. The van der Waals surface area contributed by atoms with Crippen molar-refractivity contribution >= 4 is 5.91 Å². The van der Waals surface area contributed by atoms with E-state index in [2.05, 4.69) is 0 Å². The molecule has 1 aromatic carbocycles. The lowest BCUT2D eigenvalue weighted by atomic mass is 9.47. The van der Waals surface area contributed by atoms with Crippen LogP contribution in [-0.4, -0.2) is 41.7 Å². The molecule has 148 valence electrons. The van der Waals surface area contributed by atoms with Gasteiger partial charge in [-0.3, -0.25) is 4.79 Å². The van der Waals surface area contributed by atoms with Gasteiger partial charge in [0.15, 0.2) is 0 Å². The summed E-state index contributed by atoms with van der Waals surface area (Å²) in [5, 5.41) is 10.9. The van der Waals surface area contributed by atoms with Gasteiger partial charge >= 0.3 is 0 Å². The number of para-hydroxylation sites is 1. The maximum atomic E-state index is 12.9. The average Bonchev–Trinajstić information content (AvgIpc) is 2.57. The smallest absolute Gasteiger partial charge is 0.222 e. The number of carbonyl (C=O) groups excluding carboxylic acids is 1. The van der Waals surface area contributed by atoms with Gasteiger partial charge < -0.3 is 14.7 Å². The second kappa shape index (κ2) is 7.12. The van der Waals surface area contributed by atoms with Crippen LogP contribution < -0.4 is 4.74 Å². The van der Waals surface area contributed by atoms with Crippen molar-refractivity contribution in [2.75, 3.05) is 20.2 Å². The average molecular weight is 372 g/mol. The van der Waals surface area contributed by atoms with Crippen molar-refractivity contribution in [3.05, 3.63) is 29.8 Å². The van der Waals surface area contributed by atoms with Crippen LogP contribution in [0.5, 0.6) is 5.75 Å². The van der Waals surface area contributed by atoms with Crippen LogP contribution in [0.1, 0.15) is 56.9 Å². The molecule has 0 aromatic heterocycles. The topological polar surface area (TPSA) is 49.8 Å². The van der Waals surface area contributed by atoms with Crippen LogP contribution in [0.15, 0.2) is 24.3 Å². The zero-order valence-electron chi connectivity index (χ0n) is 16.7. The molecule has 4 bridgehead atoms. The minimum absolute atomic E-state index is 0.0574. The van der Waals surface area contributed by atoms with Crippen LogP contribution in [0, 0.1) is 24.2 Å². The largest absolute Gasteiger partial charge is 0.493 e. The first-order chi connectivity index (χ1) is 12.9. The lowest BCUT2D eigenvalue weighted by Gasteiger charge is -2.60. The van der Waals surface area contributed by atoms with E-state index in [0.29, 0.717) is 24.9 Å². The third-order valence-electron chi connectivity index (χ3n) is 7.09. The van der Waals surface area contributed by atoms with E-state index in [1.54, 1.807) is 0 Å². The summed E-state index contributed by atoms with van der Waals surface area (Å²) in [7, 11) is 1.91. The van der Waals surface area contributed by atoms with Gasteiger partial charge in [0, 0.05) is 20.0 Å². The van der Waals surface area contributed by atoms with Crippen LogP contribution >= 0.6 is 0 Å². The number of nitrogens with zero attached hydrogens (tertiary/aromatic N) is 1. The zero-order chi connectivity index (χ0) is 19.1. The molecule has 4 heteroatoms. The molecule has 4 aliphatic rings. The molecule has 0 saturated heterocycles. The fourth-order valence-electron chi connectivity index (χ4n) is 6.39. The Morgan fingerprint density at radius 1 is 1.22 bits per heavy atom. The van der Waals surface area contributed by atoms with Crippen molar-refractivity contribution in [1.29, 1.82) is 0 Å². The SMILES string of the molecule is Cc1ccccc1OCCCN(C)C(=O)CC12C[C@H]3C[C@@H](CC(O)(C3)C1)C2. The van der Waals surface area contributed by atoms with Gasteiger partial charge in [0.1, 0.15) is 5.75 Å². The molecule has 1 amide bonds. The molecule has 4 aliphatic carbocycles. The van der Waals surface area contributed by atoms with E-state index in [1.807, 2.05) is 43.1 Å². The van der Waals surface area contributed by atoms with Gasteiger partial charge in [-0.1, -0.05) is 18.2 Å². The Morgan fingerprint density at radius 2 is 1.93 bits per heavy atom. The highest BCUT2D eigenvalue weighted by Crippen LogP contribution is 2.62. The van der Waals surface area contributed by atoms with Crippen molar-refractivity contribution in [3.8, 4) is 5.75 Å². The maximum absolute atomic E-state index is 12.9. The number of benzene rings is 1. The van der Waals surface area contributed by atoms with Crippen molar-refractivity contribution in [2.24, 2.45) is 17.3 Å². The van der Waals surface area contributed by atoms with E-state index in [0.717, 1.165) is 56.4 Å². The Labute approximate surface area is 162 Å². The summed E-state index contributed by atoms with van der Waals surface area (Å²) in [6.45, 7) is 3.39. The first kappa shape index (κ1) is 18.8. The predicted molar refractivity (Wildman–Crippen MR) is 106 cm³/mol. The quantitative estimate of drug-likeness (QED) is 0.739. The standard InChI is InChI=1S/C23H33NO3/c1-17-6-3-4-7-20(17)27-9-5-8-24(2)21(25)15-22-11-18-10-19(12-22)14-23(26,13-18)16-22/h3-4,6-7,18-19,26H,5,8-16H2,1-2H3/t18-,19-,22?,23?/m1/s1. The van der Waals surface area contributed by atoms with Crippen molar-refractivity contribution in [3.63, 3.8) is 0 Å². The van der Waals surface area contributed by atoms with E-state index in [-0.39, 0.29) is 11.3 Å². The van der Waals surface area contributed by atoms with Crippen molar-refractivity contribution in [1.82, 2.24) is 4.90 Å². The molecule has 0 unspecified atom stereocenters. The molecule has 0 aliphatic heterocycles. The summed E-state index contributed by atoms with van der Waals surface area (Å²) < 4.78 is 5.84. The summed E-state index contributed by atoms with van der Waals surface area (Å²) >= 11 is 0. The molecule has 2 atom stereocenters. The number of amides is 1. The highest BCUT2D eigenvalue weighted by Gasteiger charge is 2.57.